The number of phenolic OH excluding ortho intramolecular Hbond substituents is 2. The van der Waals surface area contributed by atoms with E-state index in [1.807, 2.05) is 0 Å². The van der Waals surface area contributed by atoms with Gasteiger partial charge in [-0.05, 0) is 54.6 Å². The quantitative estimate of drug-likeness (QED) is 0.159. The molecule has 19 heteroatoms. The minimum absolute atomic E-state index is 0.0205. The number of carbonyl (C=O) groups is 2. The number of phenols is 2. The van der Waals surface area contributed by atoms with E-state index in [0.29, 0.717) is 28.0 Å². The van der Waals surface area contributed by atoms with Gasteiger partial charge in [-0.15, -0.1) is 10.2 Å². The predicted octanol–water partition coefficient (Wildman–Crippen LogP) is 3.18. The van der Waals surface area contributed by atoms with Crippen molar-refractivity contribution < 1.29 is 46.1 Å². The van der Waals surface area contributed by atoms with Crippen LogP contribution in [-0.4, -0.2) is 49.2 Å². The normalized spacial score (nSPS) is 14.3. The first-order valence-electron chi connectivity index (χ1n) is 13.5. The Hall–Kier alpha value is -5.76. The maximum absolute atomic E-state index is 13.8. The Morgan fingerprint density at radius 1 is 0.875 bits per heavy atom. The number of primary sulfonamides is 1. The lowest BCUT2D eigenvalue weighted by atomic mass is 9.77. The second-order valence-electron chi connectivity index (χ2n) is 10.4. The Morgan fingerprint density at radius 3 is 2.06 bits per heavy atom. The zero-order chi connectivity index (χ0) is 34.2. The van der Waals surface area contributed by atoms with Crippen LogP contribution in [0.1, 0.15) is 27.0 Å². The number of primary amides is 1. The Labute approximate surface area is 274 Å². The number of nitrogens with zero attached hydrogens (tertiary/aromatic N) is 3. The number of aromatic hydroxyl groups is 2. The van der Waals surface area contributed by atoms with E-state index in [0.717, 1.165) is 17.0 Å². The van der Waals surface area contributed by atoms with Crippen LogP contribution < -0.4 is 25.2 Å². The van der Waals surface area contributed by atoms with Gasteiger partial charge in [-0.25, -0.2) is 31.6 Å². The lowest BCUT2D eigenvalue weighted by molar-refractivity contribution is 0.0224. The number of amides is 2. The number of hydrogen-bond donors (Lipinski definition) is 5. The molecule has 1 aromatic heterocycles. The highest BCUT2D eigenvalue weighted by Crippen LogP contribution is 2.58. The number of nitrogens with one attached hydrogen (secondary N) is 1. The summed E-state index contributed by atoms with van der Waals surface area (Å²) < 4.78 is 62.6. The molecule has 3 heterocycles. The summed E-state index contributed by atoms with van der Waals surface area (Å²) in [5.74, 6) is -0.756. The molecule has 0 bridgehead atoms. The van der Waals surface area contributed by atoms with Crippen molar-refractivity contribution in [1.29, 1.82) is 0 Å². The predicted molar refractivity (Wildman–Crippen MR) is 168 cm³/mol. The summed E-state index contributed by atoms with van der Waals surface area (Å²) in [5, 5.41) is 31.9. The smallest absolute Gasteiger partial charge is 0.342 e. The molecule has 0 fully saturated rings. The molecule has 0 unspecified atom stereocenters. The molecule has 48 heavy (non-hydrogen) atoms. The van der Waals surface area contributed by atoms with Crippen molar-refractivity contribution in [1.82, 2.24) is 10.2 Å². The van der Waals surface area contributed by atoms with Crippen molar-refractivity contribution in [2.24, 2.45) is 10.9 Å². The SMILES string of the molecule is NC(=O)N(c1ccc(S(=O)(=O)Nc2nnc(S(N)(=O)=O)s2)cc1)c1cccc2c1C(=O)OC21c2ccc(O)cc2Oc2cc(O)ccc21. The molecule has 2 aliphatic heterocycles. The van der Waals surface area contributed by atoms with E-state index >= 15 is 0 Å². The van der Waals surface area contributed by atoms with Gasteiger partial charge in [0.25, 0.3) is 20.0 Å². The highest BCUT2D eigenvalue weighted by atomic mass is 32.2. The zero-order valence-corrected chi connectivity index (χ0v) is 26.3. The minimum Gasteiger partial charge on any atom is -0.508 e. The van der Waals surface area contributed by atoms with Crippen molar-refractivity contribution in [3.63, 3.8) is 0 Å². The van der Waals surface area contributed by atoms with Crippen LogP contribution in [0.25, 0.3) is 0 Å². The van der Waals surface area contributed by atoms with Crippen LogP contribution in [0.3, 0.4) is 0 Å². The number of hydrogen-bond acceptors (Lipinski definition) is 13. The minimum atomic E-state index is -4.31. The molecule has 0 saturated heterocycles. The third-order valence-corrected chi connectivity index (χ3v) is 11.2. The maximum Gasteiger partial charge on any atom is 0.342 e. The molecular weight excluding hydrogens is 689 g/mol. The van der Waals surface area contributed by atoms with Gasteiger partial charge in [0.1, 0.15) is 23.0 Å². The van der Waals surface area contributed by atoms with E-state index in [1.54, 1.807) is 12.1 Å². The number of nitrogens with two attached hydrogens (primary N) is 2. The number of aromatic nitrogens is 2. The molecular formula is C29H20N6O10S3. The van der Waals surface area contributed by atoms with Crippen LogP contribution in [0.4, 0.5) is 21.3 Å². The number of carbonyl (C=O) groups excluding carboxylic acids is 2. The molecule has 244 valence electrons. The number of anilines is 3. The molecule has 16 nitrogen and oxygen atoms in total. The first-order valence-corrected chi connectivity index (χ1v) is 17.3. The molecule has 4 aromatic carbocycles. The van der Waals surface area contributed by atoms with Crippen LogP contribution in [0, 0.1) is 0 Å². The number of benzene rings is 4. The molecule has 5 aromatic rings. The van der Waals surface area contributed by atoms with Gasteiger partial charge >= 0.3 is 12.0 Å². The molecule has 2 amide bonds. The van der Waals surface area contributed by atoms with Crippen molar-refractivity contribution in [3.05, 3.63) is 101 Å². The van der Waals surface area contributed by atoms with Crippen molar-refractivity contribution in [2.75, 3.05) is 9.62 Å². The van der Waals surface area contributed by atoms with E-state index in [9.17, 15) is 36.6 Å². The third kappa shape index (κ3) is 4.83. The van der Waals surface area contributed by atoms with Crippen LogP contribution in [0.5, 0.6) is 23.0 Å². The van der Waals surface area contributed by atoms with E-state index in [-0.39, 0.29) is 50.0 Å². The lowest BCUT2D eigenvalue weighted by Crippen LogP contribution is -2.33. The first kappa shape index (κ1) is 30.9. The molecule has 0 saturated carbocycles. The fourth-order valence-electron chi connectivity index (χ4n) is 5.62. The number of sulfonamides is 2. The van der Waals surface area contributed by atoms with Crippen molar-refractivity contribution in [2.45, 2.75) is 14.8 Å². The number of ether oxygens (including phenoxy) is 2. The second-order valence-corrected chi connectivity index (χ2v) is 14.8. The molecule has 7 rings (SSSR count). The Kier molecular flexibility index (Phi) is 6.84. The Balaban J connectivity index is 1.31. The highest BCUT2D eigenvalue weighted by Gasteiger charge is 2.55. The first-order chi connectivity index (χ1) is 22.7. The zero-order valence-electron chi connectivity index (χ0n) is 23.9. The van der Waals surface area contributed by atoms with Crippen LogP contribution >= 0.6 is 11.3 Å². The van der Waals surface area contributed by atoms with Gasteiger partial charge < -0.3 is 25.4 Å². The van der Waals surface area contributed by atoms with Crippen LogP contribution in [-0.2, 0) is 30.4 Å². The van der Waals surface area contributed by atoms with Crippen LogP contribution in [0.15, 0.2) is 88.1 Å². The molecule has 0 aliphatic carbocycles. The van der Waals surface area contributed by atoms with Gasteiger partial charge in [-0.2, -0.15) is 0 Å². The summed E-state index contributed by atoms with van der Waals surface area (Å²) in [6, 6.07) is 17.0. The average molecular weight is 709 g/mol. The highest BCUT2D eigenvalue weighted by molar-refractivity contribution is 7.93. The molecule has 1 spiro atoms. The van der Waals surface area contributed by atoms with Gasteiger partial charge in [-0.3, -0.25) is 9.62 Å². The molecule has 2 aliphatic rings. The topological polar surface area (TPSA) is 254 Å². The average Bonchev–Trinajstić information content (AvgIpc) is 3.60. The van der Waals surface area contributed by atoms with Crippen molar-refractivity contribution >= 4 is 59.9 Å². The largest absolute Gasteiger partial charge is 0.508 e. The Bertz CT molecular complexity index is 2360. The summed E-state index contributed by atoms with van der Waals surface area (Å²) in [6.45, 7) is 0. The second kappa shape index (κ2) is 10.6. The molecule has 0 radical (unpaired) electrons. The lowest BCUT2D eigenvalue weighted by Gasteiger charge is -2.36. The fraction of sp³-hybridized carbons (Fsp3) is 0.0345. The van der Waals surface area contributed by atoms with E-state index in [1.165, 1.54) is 54.6 Å². The summed E-state index contributed by atoms with van der Waals surface area (Å²) in [4.78, 5) is 27.5. The standard InChI is InChI=1S/C29H20N6O10S3/c30-26(39)35(14-4-8-17(9-5-14)48(42,43)34-27-32-33-28(46-27)47(31,40)41)21-3-1-2-20-24(21)25(38)45-29(20)18-10-6-15(36)12-22(18)44-23-13-16(37)7-11-19(23)29/h1-13,36-37H,(H2,30,39)(H,32,34)(H2,31,40,41). The maximum atomic E-state index is 13.8. The number of urea groups is 1. The monoisotopic (exact) mass is 708 g/mol. The number of rotatable bonds is 6. The van der Waals surface area contributed by atoms with Gasteiger partial charge in [0.05, 0.1) is 21.8 Å². The van der Waals surface area contributed by atoms with E-state index in [2.05, 4.69) is 14.9 Å². The van der Waals surface area contributed by atoms with E-state index < -0.39 is 42.0 Å². The van der Waals surface area contributed by atoms with Gasteiger partial charge in [-0.1, -0.05) is 23.5 Å². The van der Waals surface area contributed by atoms with Crippen molar-refractivity contribution in [3.8, 4) is 23.0 Å². The summed E-state index contributed by atoms with van der Waals surface area (Å²) in [5.41, 5.74) is 5.30. The van der Waals surface area contributed by atoms with Gasteiger partial charge in [0.15, 0.2) is 5.60 Å². The molecule has 0 atom stereocenters. The van der Waals surface area contributed by atoms with Gasteiger partial charge in [0.2, 0.25) is 9.47 Å². The summed E-state index contributed by atoms with van der Waals surface area (Å²) in [7, 11) is -8.51. The number of esters is 1. The fourth-order valence-corrected chi connectivity index (χ4v) is 8.18. The molecule has 7 N–H and O–H groups in total. The number of fused-ring (bicyclic) bond motifs is 6. The Morgan fingerprint density at radius 2 is 1.50 bits per heavy atom. The summed E-state index contributed by atoms with van der Waals surface area (Å²) in [6.07, 6.45) is 0. The van der Waals surface area contributed by atoms with Crippen LogP contribution in [0.2, 0.25) is 0 Å². The van der Waals surface area contributed by atoms with Gasteiger partial charge in [0, 0.05) is 28.8 Å². The van der Waals surface area contributed by atoms with E-state index in [4.69, 9.17) is 20.3 Å². The summed E-state index contributed by atoms with van der Waals surface area (Å²) >= 11 is 0.413. The third-order valence-electron chi connectivity index (χ3n) is 7.52.